The second kappa shape index (κ2) is 5.89. The normalized spacial score (nSPS) is 11.4. The number of carbonyl (C=O) groups is 1. The molecule has 114 valence electrons. The summed E-state index contributed by atoms with van der Waals surface area (Å²) >= 11 is 1.36. The maximum absolute atomic E-state index is 11.2. The molecule has 3 aromatic rings. The van der Waals surface area contributed by atoms with Crippen molar-refractivity contribution in [3.8, 4) is 0 Å². The molecule has 2 N–H and O–H groups in total. The number of thiazole rings is 1. The number of nitrogens with zero attached hydrogens (tertiary/aromatic N) is 6. The second-order valence-electron chi connectivity index (χ2n) is 4.19. The van der Waals surface area contributed by atoms with Gasteiger partial charge in [-0.1, -0.05) is 0 Å². The van der Waals surface area contributed by atoms with Crippen LogP contribution in [0.4, 0.5) is 16.6 Å². The summed E-state index contributed by atoms with van der Waals surface area (Å²) in [5.41, 5.74) is 0.925. The topological polar surface area (TPSA) is 122 Å². The SMILES string of the molecule is COC(=O)CNc1nn2[nH]c(C)nc2c1N=Nc1nccs1. The highest BCUT2D eigenvalue weighted by atomic mass is 32.1. The Bertz CT molecular complexity index is 819. The molecular formula is C11H12N8O2S. The van der Waals surface area contributed by atoms with Crippen LogP contribution in [-0.4, -0.2) is 44.4 Å². The van der Waals surface area contributed by atoms with Gasteiger partial charge in [0.25, 0.3) is 0 Å². The Labute approximate surface area is 128 Å². The van der Waals surface area contributed by atoms with Gasteiger partial charge in [0.2, 0.25) is 10.8 Å². The number of nitrogens with one attached hydrogen (secondary N) is 2. The summed E-state index contributed by atoms with van der Waals surface area (Å²) in [6.45, 7) is 1.77. The molecule has 0 atom stereocenters. The van der Waals surface area contributed by atoms with E-state index in [0.29, 0.717) is 28.1 Å². The molecule has 0 fully saturated rings. The predicted molar refractivity (Wildman–Crippen MR) is 78.9 cm³/mol. The maximum Gasteiger partial charge on any atom is 0.325 e. The number of hydrogen-bond donors (Lipinski definition) is 2. The molecule has 11 heteroatoms. The van der Waals surface area contributed by atoms with Crippen molar-refractivity contribution in [3.05, 3.63) is 17.4 Å². The fourth-order valence-corrected chi connectivity index (χ4v) is 2.17. The molecule has 0 saturated heterocycles. The number of H-pyrrole nitrogens is 1. The minimum Gasteiger partial charge on any atom is -0.468 e. The molecule has 22 heavy (non-hydrogen) atoms. The van der Waals surface area contributed by atoms with Gasteiger partial charge in [0.15, 0.2) is 11.5 Å². The smallest absolute Gasteiger partial charge is 0.325 e. The standard InChI is InChI=1S/C11H12N8O2S/c1-6-14-10-8(15-16-11-12-3-4-22-11)9(18-19(10)17-6)13-5-7(20)21-2/h3-4H,5H2,1-2H3,(H,13,18)(H,14,17). The summed E-state index contributed by atoms with van der Waals surface area (Å²) < 4.78 is 6.05. The number of ether oxygens (including phenoxy) is 1. The van der Waals surface area contributed by atoms with Gasteiger partial charge in [0.1, 0.15) is 12.4 Å². The largest absolute Gasteiger partial charge is 0.468 e. The molecule has 0 spiro atoms. The van der Waals surface area contributed by atoms with Crippen LogP contribution in [0.5, 0.6) is 0 Å². The van der Waals surface area contributed by atoms with E-state index >= 15 is 0 Å². The highest BCUT2D eigenvalue weighted by Gasteiger charge is 2.17. The van der Waals surface area contributed by atoms with Crippen molar-refractivity contribution in [2.24, 2.45) is 10.2 Å². The highest BCUT2D eigenvalue weighted by molar-refractivity contribution is 7.13. The lowest BCUT2D eigenvalue weighted by atomic mass is 10.5. The molecule has 10 nitrogen and oxygen atoms in total. The van der Waals surface area contributed by atoms with Crippen LogP contribution in [0, 0.1) is 6.92 Å². The average molecular weight is 320 g/mol. The molecule has 0 aromatic carbocycles. The van der Waals surface area contributed by atoms with E-state index in [1.54, 1.807) is 18.5 Å². The first kappa shape index (κ1) is 14.1. The first-order valence-corrected chi connectivity index (χ1v) is 7.12. The molecule has 0 unspecified atom stereocenters. The number of anilines is 1. The number of esters is 1. The number of aromatic nitrogens is 5. The molecule has 3 rings (SSSR count). The number of aromatic amines is 1. The number of azo groups is 1. The molecule has 3 aromatic heterocycles. The molecule has 3 heterocycles. The Kier molecular flexibility index (Phi) is 3.78. The Hall–Kier alpha value is -2.82. The van der Waals surface area contributed by atoms with Crippen LogP contribution in [-0.2, 0) is 9.53 Å². The number of fused-ring (bicyclic) bond motifs is 1. The van der Waals surface area contributed by atoms with Gasteiger partial charge in [-0.15, -0.1) is 31.3 Å². The maximum atomic E-state index is 11.2. The lowest BCUT2D eigenvalue weighted by Gasteiger charge is -2.01. The molecule has 0 aliphatic heterocycles. The number of hydrogen-bond acceptors (Lipinski definition) is 9. The van der Waals surface area contributed by atoms with Crippen molar-refractivity contribution in [2.45, 2.75) is 6.92 Å². The van der Waals surface area contributed by atoms with Gasteiger partial charge in [-0.25, -0.2) is 9.97 Å². The zero-order chi connectivity index (χ0) is 15.5. The van der Waals surface area contributed by atoms with Crippen LogP contribution < -0.4 is 5.32 Å². The van der Waals surface area contributed by atoms with E-state index in [0.717, 1.165) is 0 Å². The van der Waals surface area contributed by atoms with E-state index in [2.05, 4.69) is 40.4 Å². The third-order valence-electron chi connectivity index (χ3n) is 2.66. The van der Waals surface area contributed by atoms with Gasteiger partial charge < -0.3 is 10.1 Å². The zero-order valence-electron chi connectivity index (χ0n) is 11.8. The van der Waals surface area contributed by atoms with Crippen LogP contribution in [0.2, 0.25) is 0 Å². The van der Waals surface area contributed by atoms with Crippen molar-refractivity contribution in [3.63, 3.8) is 0 Å². The molecule has 0 aliphatic carbocycles. The number of carbonyl (C=O) groups excluding carboxylic acids is 1. The van der Waals surface area contributed by atoms with Crippen LogP contribution in [0.15, 0.2) is 21.8 Å². The fourth-order valence-electron chi connectivity index (χ4n) is 1.71. The van der Waals surface area contributed by atoms with Gasteiger partial charge in [0.05, 0.1) is 7.11 Å². The molecule has 0 bridgehead atoms. The summed E-state index contributed by atoms with van der Waals surface area (Å²) in [5.74, 6) is 0.654. The van der Waals surface area contributed by atoms with Crippen LogP contribution in [0.3, 0.4) is 0 Å². The summed E-state index contributed by atoms with van der Waals surface area (Å²) in [4.78, 5) is 19.6. The van der Waals surface area contributed by atoms with Crippen molar-refractivity contribution < 1.29 is 9.53 Å². The third-order valence-corrected chi connectivity index (χ3v) is 3.32. The second-order valence-corrected chi connectivity index (χ2v) is 5.06. The molecular weight excluding hydrogens is 308 g/mol. The summed E-state index contributed by atoms with van der Waals surface area (Å²) in [6.07, 6.45) is 1.64. The molecule has 0 aliphatic rings. The monoisotopic (exact) mass is 320 g/mol. The number of aryl methyl sites for hydroxylation is 1. The lowest BCUT2D eigenvalue weighted by Crippen LogP contribution is -2.15. The van der Waals surface area contributed by atoms with E-state index in [9.17, 15) is 4.79 Å². The van der Waals surface area contributed by atoms with Crippen LogP contribution >= 0.6 is 11.3 Å². The van der Waals surface area contributed by atoms with Gasteiger partial charge in [-0.05, 0) is 6.92 Å². The van der Waals surface area contributed by atoms with Crippen molar-refractivity contribution in [2.75, 3.05) is 19.0 Å². The van der Waals surface area contributed by atoms with Gasteiger partial charge in [-0.3, -0.25) is 9.89 Å². The number of rotatable bonds is 5. The zero-order valence-corrected chi connectivity index (χ0v) is 12.6. The van der Waals surface area contributed by atoms with E-state index in [1.165, 1.54) is 23.1 Å². The van der Waals surface area contributed by atoms with E-state index < -0.39 is 5.97 Å². The van der Waals surface area contributed by atoms with E-state index in [-0.39, 0.29) is 6.54 Å². The van der Waals surface area contributed by atoms with Crippen molar-refractivity contribution in [1.29, 1.82) is 0 Å². The quantitative estimate of drug-likeness (QED) is 0.546. The number of methoxy groups -OCH3 is 1. The summed E-state index contributed by atoms with van der Waals surface area (Å²) in [7, 11) is 1.31. The van der Waals surface area contributed by atoms with Gasteiger partial charge >= 0.3 is 5.97 Å². The van der Waals surface area contributed by atoms with E-state index in [1.807, 2.05) is 0 Å². The van der Waals surface area contributed by atoms with Gasteiger partial charge in [-0.2, -0.15) is 0 Å². The highest BCUT2D eigenvalue weighted by Crippen LogP contribution is 2.30. The summed E-state index contributed by atoms with van der Waals surface area (Å²) in [6, 6.07) is 0. The fraction of sp³-hybridized carbons (Fsp3) is 0.273. The first-order chi connectivity index (χ1) is 10.7. The predicted octanol–water partition coefficient (Wildman–Crippen LogP) is 1.82. The minimum atomic E-state index is -0.413. The Morgan fingerprint density at radius 2 is 2.41 bits per heavy atom. The Morgan fingerprint density at radius 3 is 3.14 bits per heavy atom. The van der Waals surface area contributed by atoms with Crippen molar-refractivity contribution >= 4 is 39.6 Å². The van der Waals surface area contributed by atoms with Crippen molar-refractivity contribution in [1.82, 2.24) is 24.8 Å². The lowest BCUT2D eigenvalue weighted by molar-refractivity contribution is -0.138. The average Bonchev–Trinajstić information content (AvgIpc) is 3.19. The first-order valence-electron chi connectivity index (χ1n) is 6.24. The van der Waals surface area contributed by atoms with Crippen LogP contribution in [0.25, 0.3) is 5.65 Å². The molecule has 0 radical (unpaired) electrons. The third kappa shape index (κ3) is 2.79. The Balaban J connectivity index is 1.94. The minimum absolute atomic E-state index is 0.0323. The van der Waals surface area contributed by atoms with Crippen LogP contribution in [0.1, 0.15) is 5.82 Å². The Morgan fingerprint density at radius 1 is 1.55 bits per heavy atom. The molecule has 0 saturated carbocycles. The summed E-state index contributed by atoms with van der Waals surface area (Å²) in [5, 5.41) is 20.6. The molecule has 0 amide bonds. The van der Waals surface area contributed by atoms with E-state index in [4.69, 9.17) is 0 Å². The van der Waals surface area contributed by atoms with Gasteiger partial charge in [0, 0.05) is 11.6 Å².